The van der Waals surface area contributed by atoms with Crippen LogP contribution in [0.2, 0.25) is 0 Å². The standard InChI is InChI=1S/C10H22N2O2S/c1-5-10(11,6-2)9(13)12-8(3)7-15(4)14/h8H,5-7,11H2,1-4H3,(H,12,13). The Morgan fingerprint density at radius 2 is 1.93 bits per heavy atom. The van der Waals surface area contributed by atoms with Crippen molar-refractivity contribution in [2.24, 2.45) is 5.73 Å². The SMILES string of the molecule is CCC(N)(CC)C(=O)NC(C)CS(C)=O. The van der Waals surface area contributed by atoms with Crippen LogP contribution in [-0.2, 0) is 15.6 Å². The topological polar surface area (TPSA) is 72.2 Å². The maximum atomic E-state index is 11.8. The first kappa shape index (κ1) is 14.6. The van der Waals surface area contributed by atoms with Gasteiger partial charge in [-0.1, -0.05) is 13.8 Å². The Bertz CT molecular complexity index is 240. The molecule has 0 aliphatic rings. The molecule has 0 aromatic rings. The third kappa shape index (κ3) is 4.75. The minimum absolute atomic E-state index is 0.0932. The van der Waals surface area contributed by atoms with E-state index in [0.717, 1.165) is 0 Å². The van der Waals surface area contributed by atoms with E-state index in [1.165, 1.54) is 0 Å². The normalized spacial score (nSPS) is 15.8. The van der Waals surface area contributed by atoms with Crippen molar-refractivity contribution < 1.29 is 9.00 Å². The zero-order valence-corrected chi connectivity index (χ0v) is 10.8. The van der Waals surface area contributed by atoms with Crippen LogP contribution in [0.5, 0.6) is 0 Å². The van der Waals surface area contributed by atoms with E-state index in [2.05, 4.69) is 5.32 Å². The molecule has 5 heteroatoms. The molecule has 90 valence electrons. The molecule has 0 aliphatic heterocycles. The highest BCUT2D eigenvalue weighted by Crippen LogP contribution is 2.11. The lowest BCUT2D eigenvalue weighted by molar-refractivity contribution is -0.127. The molecule has 2 atom stereocenters. The van der Waals surface area contributed by atoms with Crippen LogP contribution in [0.25, 0.3) is 0 Å². The van der Waals surface area contributed by atoms with Crippen LogP contribution >= 0.6 is 0 Å². The summed E-state index contributed by atoms with van der Waals surface area (Å²) < 4.78 is 11.0. The fraction of sp³-hybridized carbons (Fsp3) is 0.900. The van der Waals surface area contributed by atoms with E-state index in [0.29, 0.717) is 18.6 Å². The zero-order valence-electron chi connectivity index (χ0n) is 10.0. The molecule has 0 saturated carbocycles. The van der Waals surface area contributed by atoms with Crippen molar-refractivity contribution in [2.75, 3.05) is 12.0 Å². The van der Waals surface area contributed by atoms with Gasteiger partial charge in [-0.25, -0.2) is 0 Å². The zero-order chi connectivity index (χ0) is 12.1. The summed E-state index contributed by atoms with van der Waals surface area (Å²) in [6, 6.07) is -0.0932. The van der Waals surface area contributed by atoms with Crippen molar-refractivity contribution in [3.63, 3.8) is 0 Å². The van der Waals surface area contributed by atoms with Crippen molar-refractivity contribution in [2.45, 2.75) is 45.2 Å². The number of hydrogen-bond acceptors (Lipinski definition) is 3. The van der Waals surface area contributed by atoms with Crippen LogP contribution in [0, 0.1) is 0 Å². The van der Waals surface area contributed by atoms with Crippen molar-refractivity contribution in [1.82, 2.24) is 5.32 Å². The highest BCUT2D eigenvalue weighted by Gasteiger charge is 2.30. The Labute approximate surface area is 94.4 Å². The third-order valence-electron chi connectivity index (χ3n) is 2.58. The highest BCUT2D eigenvalue weighted by molar-refractivity contribution is 7.84. The minimum atomic E-state index is -0.898. The van der Waals surface area contributed by atoms with Gasteiger partial charge in [-0.2, -0.15) is 0 Å². The number of rotatable bonds is 6. The summed E-state index contributed by atoms with van der Waals surface area (Å²) in [5.74, 6) is 0.320. The van der Waals surface area contributed by atoms with Crippen LogP contribution in [-0.4, -0.2) is 33.7 Å². The van der Waals surface area contributed by atoms with Gasteiger partial charge < -0.3 is 11.1 Å². The number of carbonyl (C=O) groups is 1. The first-order chi connectivity index (χ1) is 6.85. The molecule has 0 fully saturated rings. The maximum absolute atomic E-state index is 11.8. The maximum Gasteiger partial charge on any atom is 0.240 e. The number of carbonyl (C=O) groups excluding carboxylic acids is 1. The first-order valence-corrected chi connectivity index (χ1v) is 6.98. The van der Waals surface area contributed by atoms with Gasteiger partial charge in [0.25, 0.3) is 0 Å². The van der Waals surface area contributed by atoms with E-state index in [9.17, 15) is 9.00 Å². The van der Waals surface area contributed by atoms with Crippen LogP contribution in [0.1, 0.15) is 33.6 Å². The number of hydrogen-bond donors (Lipinski definition) is 2. The fourth-order valence-electron chi connectivity index (χ4n) is 1.33. The molecular weight excluding hydrogens is 212 g/mol. The van der Waals surface area contributed by atoms with E-state index in [1.54, 1.807) is 6.26 Å². The van der Waals surface area contributed by atoms with Crippen molar-refractivity contribution in [1.29, 1.82) is 0 Å². The summed E-state index contributed by atoms with van der Waals surface area (Å²) in [6.45, 7) is 5.63. The number of amides is 1. The van der Waals surface area contributed by atoms with E-state index in [1.807, 2.05) is 20.8 Å². The second-order valence-corrected chi connectivity index (χ2v) is 5.46. The molecule has 0 spiro atoms. The Kier molecular flexibility index (Phi) is 6.05. The van der Waals surface area contributed by atoms with E-state index in [-0.39, 0.29) is 11.9 Å². The quantitative estimate of drug-likeness (QED) is 0.698. The van der Waals surface area contributed by atoms with Gasteiger partial charge in [0.1, 0.15) is 0 Å². The minimum Gasteiger partial charge on any atom is -0.351 e. The second-order valence-electron chi connectivity index (χ2n) is 3.98. The molecule has 0 aromatic carbocycles. The van der Waals surface area contributed by atoms with Gasteiger partial charge >= 0.3 is 0 Å². The molecule has 1 amide bonds. The van der Waals surface area contributed by atoms with Crippen LogP contribution < -0.4 is 11.1 Å². The molecule has 0 bridgehead atoms. The third-order valence-corrected chi connectivity index (χ3v) is 3.55. The van der Waals surface area contributed by atoms with Crippen molar-refractivity contribution in [3.05, 3.63) is 0 Å². The summed E-state index contributed by atoms with van der Waals surface area (Å²) in [4.78, 5) is 11.8. The lowest BCUT2D eigenvalue weighted by Crippen LogP contribution is -2.55. The second kappa shape index (κ2) is 6.23. The molecule has 0 heterocycles. The molecule has 0 rings (SSSR count). The van der Waals surface area contributed by atoms with E-state index < -0.39 is 16.3 Å². The predicted octanol–water partition coefficient (Wildman–Crippen LogP) is 0.387. The molecule has 0 saturated heterocycles. The largest absolute Gasteiger partial charge is 0.351 e. The smallest absolute Gasteiger partial charge is 0.240 e. The summed E-state index contributed by atoms with van der Waals surface area (Å²) >= 11 is 0. The Balaban J connectivity index is 4.28. The van der Waals surface area contributed by atoms with Crippen LogP contribution in [0.4, 0.5) is 0 Å². The molecule has 3 N–H and O–H groups in total. The number of nitrogens with two attached hydrogens (primary N) is 1. The number of nitrogens with one attached hydrogen (secondary N) is 1. The van der Waals surface area contributed by atoms with E-state index in [4.69, 9.17) is 5.73 Å². The lowest BCUT2D eigenvalue weighted by Gasteiger charge is -2.27. The molecule has 4 nitrogen and oxygen atoms in total. The molecular formula is C10H22N2O2S. The summed E-state index contributed by atoms with van der Waals surface area (Å²) in [5.41, 5.74) is 5.14. The fourth-order valence-corrected chi connectivity index (χ4v) is 2.12. The first-order valence-electron chi connectivity index (χ1n) is 5.25. The van der Waals surface area contributed by atoms with Gasteiger partial charge in [0.2, 0.25) is 5.91 Å². The van der Waals surface area contributed by atoms with Gasteiger partial charge in [0, 0.05) is 28.9 Å². The summed E-state index contributed by atoms with van der Waals surface area (Å²) in [5, 5.41) is 2.80. The summed E-state index contributed by atoms with van der Waals surface area (Å²) in [6.07, 6.45) is 2.84. The van der Waals surface area contributed by atoms with E-state index >= 15 is 0 Å². The van der Waals surface area contributed by atoms with Crippen molar-refractivity contribution in [3.8, 4) is 0 Å². The highest BCUT2D eigenvalue weighted by atomic mass is 32.2. The average Bonchev–Trinajstić information content (AvgIpc) is 2.15. The van der Waals surface area contributed by atoms with Gasteiger partial charge in [0.15, 0.2) is 0 Å². The van der Waals surface area contributed by atoms with Crippen molar-refractivity contribution >= 4 is 16.7 Å². The van der Waals surface area contributed by atoms with Gasteiger partial charge in [-0.05, 0) is 19.8 Å². The van der Waals surface area contributed by atoms with Gasteiger partial charge in [0.05, 0.1) is 5.54 Å². The molecule has 15 heavy (non-hydrogen) atoms. The lowest BCUT2D eigenvalue weighted by atomic mass is 9.93. The van der Waals surface area contributed by atoms with Crippen LogP contribution in [0.15, 0.2) is 0 Å². The Hall–Kier alpha value is -0.420. The predicted molar refractivity (Wildman–Crippen MR) is 64.0 cm³/mol. The molecule has 0 aliphatic carbocycles. The summed E-state index contributed by atoms with van der Waals surface area (Å²) in [7, 11) is -0.898. The molecule has 0 radical (unpaired) electrons. The molecule has 2 unspecified atom stereocenters. The van der Waals surface area contributed by atoms with Gasteiger partial charge in [-0.15, -0.1) is 0 Å². The van der Waals surface area contributed by atoms with Crippen LogP contribution in [0.3, 0.4) is 0 Å². The molecule has 0 aromatic heterocycles. The van der Waals surface area contributed by atoms with Gasteiger partial charge in [-0.3, -0.25) is 9.00 Å². The average molecular weight is 234 g/mol. The Morgan fingerprint density at radius 3 is 2.27 bits per heavy atom. The Morgan fingerprint density at radius 1 is 1.47 bits per heavy atom. The monoisotopic (exact) mass is 234 g/mol.